The van der Waals surface area contributed by atoms with Crippen molar-refractivity contribution >= 4 is 60.8 Å². The Balaban J connectivity index is 1.61. The summed E-state index contributed by atoms with van der Waals surface area (Å²) in [6, 6.07) is 9.82. The van der Waals surface area contributed by atoms with Gasteiger partial charge in [-0.3, -0.25) is 4.90 Å². The van der Waals surface area contributed by atoms with Gasteiger partial charge in [0, 0.05) is 19.6 Å². The summed E-state index contributed by atoms with van der Waals surface area (Å²) >= 11 is 2.84. The Kier molecular flexibility index (Phi) is 7.63. The van der Waals surface area contributed by atoms with E-state index in [1.54, 1.807) is 42.8 Å². The summed E-state index contributed by atoms with van der Waals surface area (Å²) in [7, 11) is 3.11. The van der Waals surface area contributed by atoms with E-state index in [1.165, 1.54) is 11.3 Å². The number of thiazole rings is 2. The number of esters is 1. The monoisotopic (exact) mass is 500 g/mol. The third-order valence-corrected chi connectivity index (χ3v) is 6.65. The van der Waals surface area contributed by atoms with Gasteiger partial charge in [-0.25, -0.2) is 14.8 Å². The van der Waals surface area contributed by atoms with E-state index in [1.807, 2.05) is 37.3 Å². The molecule has 0 bridgehead atoms. The van der Waals surface area contributed by atoms with Crippen molar-refractivity contribution in [1.29, 1.82) is 0 Å². The average Bonchev–Trinajstić information content (AvgIpc) is 3.48. The molecule has 0 atom stereocenters. The van der Waals surface area contributed by atoms with E-state index in [0.717, 1.165) is 20.9 Å². The maximum absolute atomic E-state index is 12.1. The summed E-state index contributed by atoms with van der Waals surface area (Å²) in [5, 5.41) is 15.0. The number of carbonyl (C=O) groups excluding carboxylic acids is 1. The number of para-hydroxylation sites is 1. The Bertz CT molecular complexity index is 1240. The molecule has 0 aliphatic carbocycles. The number of carbonyl (C=O) groups is 1. The smallest absolute Gasteiger partial charge is 0.357 e. The van der Waals surface area contributed by atoms with E-state index in [0.29, 0.717) is 23.3 Å². The second-order valence-corrected chi connectivity index (χ2v) is 8.96. The minimum Gasteiger partial charge on any atom is -0.461 e. The van der Waals surface area contributed by atoms with Crippen LogP contribution in [0.1, 0.15) is 23.0 Å². The highest BCUT2D eigenvalue weighted by Gasteiger charge is 2.23. The largest absolute Gasteiger partial charge is 0.461 e. The van der Waals surface area contributed by atoms with Crippen LogP contribution in [0.15, 0.2) is 35.7 Å². The van der Waals surface area contributed by atoms with Gasteiger partial charge in [-0.1, -0.05) is 23.5 Å². The highest BCUT2D eigenvalue weighted by molar-refractivity contribution is 7.22. The molecule has 34 heavy (non-hydrogen) atoms. The minimum atomic E-state index is -0.544. The van der Waals surface area contributed by atoms with Crippen molar-refractivity contribution in [3.05, 3.63) is 47.0 Å². The highest BCUT2D eigenvalue weighted by atomic mass is 32.1. The number of benzene rings is 1. The third kappa shape index (κ3) is 5.30. The molecule has 3 heterocycles. The number of nitrogens with one attached hydrogen (secondary N) is 1. The van der Waals surface area contributed by atoms with E-state index in [9.17, 15) is 4.79 Å². The topological polar surface area (TPSA) is 112 Å². The molecule has 0 radical (unpaired) electrons. The maximum Gasteiger partial charge on any atom is 0.357 e. The molecular formula is C22H24N6O4S2. The van der Waals surface area contributed by atoms with Gasteiger partial charge in [0.1, 0.15) is 0 Å². The van der Waals surface area contributed by atoms with Crippen LogP contribution < -0.4 is 10.2 Å². The Morgan fingerprint density at radius 2 is 1.97 bits per heavy atom. The van der Waals surface area contributed by atoms with E-state index >= 15 is 0 Å². The Morgan fingerprint density at radius 1 is 1.18 bits per heavy atom. The van der Waals surface area contributed by atoms with Crippen LogP contribution in [-0.4, -0.2) is 59.8 Å². The van der Waals surface area contributed by atoms with Crippen LogP contribution in [0.3, 0.4) is 0 Å². The summed E-state index contributed by atoms with van der Waals surface area (Å²) < 4.78 is 16.9. The molecule has 0 fully saturated rings. The first-order valence-corrected chi connectivity index (χ1v) is 12.1. The number of ether oxygens (including phenoxy) is 3. The first-order chi connectivity index (χ1) is 16.5. The molecule has 0 unspecified atom stereocenters. The van der Waals surface area contributed by atoms with E-state index in [4.69, 9.17) is 14.2 Å². The molecule has 4 rings (SSSR count). The van der Waals surface area contributed by atoms with Gasteiger partial charge in [0.2, 0.25) is 0 Å². The fourth-order valence-electron chi connectivity index (χ4n) is 3.10. The van der Waals surface area contributed by atoms with Crippen molar-refractivity contribution in [1.82, 2.24) is 20.2 Å². The highest BCUT2D eigenvalue weighted by Crippen LogP contribution is 2.31. The average molecular weight is 501 g/mol. The SMILES string of the molecule is CCOC(=O)c1csc(N(CC(OC)OC)c2cc(C)c(Nc3nc4ccccc4s3)nn2)n1. The van der Waals surface area contributed by atoms with Gasteiger partial charge in [-0.2, -0.15) is 0 Å². The standard InChI is InChI=1S/C22H24N6O4S2/c1-5-32-20(29)15-12-33-22(24-15)28(11-18(30-3)31-4)17-10-13(2)19(27-26-17)25-21-23-14-8-6-7-9-16(14)34-21/h6-10,12,18H,5,11H2,1-4H3,(H,23,25,27). The first kappa shape index (κ1) is 24.0. The fraction of sp³-hybridized carbons (Fsp3) is 0.318. The molecule has 3 aromatic heterocycles. The number of anilines is 4. The van der Waals surface area contributed by atoms with Gasteiger partial charge >= 0.3 is 5.97 Å². The molecule has 12 heteroatoms. The van der Waals surface area contributed by atoms with Crippen LogP contribution in [0, 0.1) is 6.92 Å². The number of hydrogen-bond donors (Lipinski definition) is 1. The molecule has 0 spiro atoms. The van der Waals surface area contributed by atoms with E-state index in [2.05, 4.69) is 25.5 Å². The van der Waals surface area contributed by atoms with Crippen molar-refractivity contribution in [2.24, 2.45) is 0 Å². The van der Waals surface area contributed by atoms with Gasteiger partial charge in [-0.15, -0.1) is 21.5 Å². The number of aryl methyl sites for hydroxylation is 1. The lowest BCUT2D eigenvalue weighted by Gasteiger charge is -2.25. The van der Waals surface area contributed by atoms with E-state index in [-0.39, 0.29) is 12.3 Å². The number of methoxy groups -OCH3 is 2. The molecule has 0 aliphatic heterocycles. The lowest BCUT2D eigenvalue weighted by molar-refractivity contribution is -0.0939. The van der Waals surface area contributed by atoms with Gasteiger partial charge < -0.3 is 19.5 Å². The van der Waals surface area contributed by atoms with Crippen LogP contribution in [0.2, 0.25) is 0 Å². The van der Waals surface area contributed by atoms with Crippen LogP contribution >= 0.6 is 22.7 Å². The maximum atomic E-state index is 12.1. The Hall–Kier alpha value is -3.19. The molecule has 1 N–H and O–H groups in total. The normalized spacial score (nSPS) is 11.2. The number of aromatic nitrogens is 4. The quantitative estimate of drug-likeness (QED) is 0.246. The van der Waals surface area contributed by atoms with E-state index < -0.39 is 12.3 Å². The molecule has 4 aromatic rings. The van der Waals surface area contributed by atoms with Crippen molar-refractivity contribution in [3.8, 4) is 0 Å². The molecule has 0 saturated heterocycles. The summed E-state index contributed by atoms with van der Waals surface area (Å²) in [5.41, 5.74) is 2.02. The molecule has 10 nitrogen and oxygen atoms in total. The number of hydrogen-bond acceptors (Lipinski definition) is 12. The van der Waals surface area contributed by atoms with Crippen molar-refractivity contribution in [2.75, 3.05) is 37.6 Å². The molecule has 0 saturated carbocycles. The van der Waals surface area contributed by atoms with Crippen LogP contribution in [0.25, 0.3) is 10.2 Å². The third-order valence-electron chi connectivity index (χ3n) is 4.83. The lowest BCUT2D eigenvalue weighted by Crippen LogP contribution is -2.32. The predicted octanol–water partition coefficient (Wildman–Crippen LogP) is 4.53. The zero-order chi connectivity index (χ0) is 24.1. The Labute approximate surface area is 204 Å². The first-order valence-electron chi connectivity index (χ1n) is 10.4. The van der Waals surface area contributed by atoms with Gasteiger partial charge in [-0.05, 0) is 37.6 Å². The van der Waals surface area contributed by atoms with Crippen molar-refractivity contribution in [3.63, 3.8) is 0 Å². The second-order valence-electron chi connectivity index (χ2n) is 7.09. The number of fused-ring (bicyclic) bond motifs is 1. The number of rotatable bonds is 10. The fourth-order valence-corrected chi connectivity index (χ4v) is 4.78. The molecule has 0 aliphatic rings. The van der Waals surface area contributed by atoms with Gasteiger partial charge in [0.15, 0.2) is 33.9 Å². The zero-order valence-electron chi connectivity index (χ0n) is 19.1. The molecule has 1 aromatic carbocycles. The minimum absolute atomic E-state index is 0.233. The summed E-state index contributed by atoms with van der Waals surface area (Å²) in [5.74, 6) is 0.665. The Morgan fingerprint density at radius 3 is 2.68 bits per heavy atom. The summed E-state index contributed by atoms with van der Waals surface area (Å²) in [4.78, 5) is 22.9. The van der Waals surface area contributed by atoms with Crippen LogP contribution in [0.4, 0.5) is 21.9 Å². The van der Waals surface area contributed by atoms with Crippen molar-refractivity contribution in [2.45, 2.75) is 20.1 Å². The predicted molar refractivity (Wildman–Crippen MR) is 133 cm³/mol. The lowest BCUT2D eigenvalue weighted by atomic mass is 10.3. The molecule has 178 valence electrons. The molecule has 0 amide bonds. The number of nitrogens with zero attached hydrogens (tertiary/aromatic N) is 5. The summed E-state index contributed by atoms with van der Waals surface area (Å²) in [6.07, 6.45) is -0.544. The van der Waals surface area contributed by atoms with Crippen molar-refractivity contribution < 1.29 is 19.0 Å². The van der Waals surface area contributed by atoms with Crippen LogP contribution in [0.5, 0.6) is 0 Å². The summed E-state index contributed by atoms with van der Waals surface area (Å²) in [6.45, 7) is 4.25. The molecular weight excluding hydrogens is 476 g/mol. The second kappa shape index (κ2) is 10.8. The van der Waals surface area contributed by atoms with Crippen LogP contribution in [-0.2, 0) is 14.2 Å². The van der Waals surface area contributed by atoms with Gasteiger partial charge in [0.25, 0.3) is 0 Å². The zero-order valence-corrected chi connectivity index (χ0v) is 20.8. The van der Waals surface area contributed by atoms with Gasteiger partial charge in [0.05, 0.1) is 23.4 Å².